The fourth-order valence-electron chi connectivity index (χ4n) is 3.10. The number of unbranched alkanes of at least 4 members (excludes halogenated alkanes) is 6. The number of rotatable bonds is 11. The van der Waals surface area contributed by atoms with Gasteiger partial charge < -0.3 is 14.2 Å². The van der Waals surface area contributed by atoms with Crippen LogP contribution in [0.4, 0.5) is 8.78 Å². The van der Waals surface area contributed by atoms with E-state index in [1.165, 1.54) is 57.1 Å². The van der Waals surface area contributed by atoms with Gasteiger partial charge in [0.15, 0.2) is 6.29 Å². The summed E-state index contributed by atoms with van der Waals surface area (Å²) < 4.78 is 40.2. The number of alkyl halides is 2. The van der Waals surface area contributed by atoms with Crippen LogP contribution in [0.3, 0.4) is 0 Å². The van der Waals surface area contributed by atoms with Crippen molar-refractivity contribution in [3.63, 3.8) is 0 Å². The molecule has 1 heterocycles. The van der Waals surface area contributed by atoms with Crippen molar-refractivity contribution in [2.75, 3.05) is 13.2 Å². The van der Waals surface area contributed by atoms with E-state index >= 15 is 0 Å². The largest absolute Gasteiger partial charge is 0.435 e. The molecule has 5 heteroatoms. The Balaban J connectivity index is 1.61. The van der Waals surface area contributed by atoms with E-state index in [0.717, 1.165) is 12.0 Å². The van der Waals surface area contributed by atoms with Gasteiger partial charge in [0.05, 0.1) is 13.2 Å². The molecule has 3 nitrogen and oxygen atoms in total. The van der Waals surface area contributed by atoms with Crippen LogP contribution in [0.1, 0.15) is 70.1 Å². The van der Waals surface area contributed by atoms with Crippen molar-refractivity contribution in [2.45, 2.75) is 71.2 Å². The summed E-state index contributed by atoms with van der Waals surface area (Å²) in [5, 5.41) is 0. The molecule has 25 heavy (non-hydrogen) atoms. The van der Waals surface area contributed by atoms with Gasteiger partial charge in [-0.05, 0) is 18.6 Å². The third kappa shape index (κ3) is 7.70. The maximum absolute atomic E-state index is 12.2. The fraction of sp³-hybridized carbons (Fsp3) is 0.700. The smallest absolute Gasteiger partial charge is 0.387 e. The molecular weight excluding hydrogens is 326 g/mol. The van der Waals surface area contributed by atoms with Gasteiger partial charge in [-0.1, -0.05) is 64.0 Å². The highest BCUT2D eigenvalue weighted by atomic mass is 19.3. The van der Waals surface area contributed by atoms with Crippen molar-refractivity contribution in [3.8, 4) is 5.75 Å². The van der Waals surface area contributed by atoms with Crippen LogP contribution in [0.5, 0.6) is 5.75 Å². The first-order chi connectivity index (χ1) is 12.2. The van der Waals surface area contributed by atoms with Crippen LogP contribution < -0.4 is 4.74 Å². The first-order valence-electron chi connectivity index (χ1n) is 9.47. The van der Waals surface area contributed by atoms with Gasteiger partial charge >= 0.3 is 6.61 Å². The molecule has 0 unspecified atom stereocenters. The Labute approximate surface area is 149 Å². The molecule has 1 aliphatic heterocycles. The summed E-state index contributed by atoms with van der Waals surface area (Å²) in [4.78, 5) is 0. The summed E-state index contributed by atoms with van der Waals surface area (Å²) in [5.41, 5.74) is 0.830. The molecule has 1 saturated heterocycles. The number of hydrogen-bond acceptors (Lipinski definition) is 3. The molecule has 0 spiro atoms. The number of benzene rings is 1. The first-order valence-corrected chi connectivity index (χ1v) is 9.47. The van der Waals surface area contributed by atoms with Crippen molar-refractivity contribution in [1.29, 1.82) is 0 Å². The van der Waals surface area contributed by atoms with Gasteiger partial charge in [-0.25, -0.2) is 0 Å². The molecule has 1 aliphatic rings. The maximum Gasteiger partial charge on any atom is 0.387 e. The van der Waals surface area contributed by atoms with Gasteiger partial charge in [-0.3, -0.25) is 0 Å². The van der Waals surface area contributed by atoms with Gasteiger partial charge in [-0.2, -0.15) is 8.78 Å². The lowest BCUT2D eigenvalue weighted by atomic mass is 10.0. The number of ether oxygens (including phenoxy) is 3. The summed E-state index contributed by atoms with van der Waals surface area (Å²) in [6.07, 6.45) is 9.91. The normalized spacial score (nSPS) is 20.8. The van der Waals surface area contributed by atoms with Gasteiger partial charge in [-0.15, -0.1) is 0 Å². The molecule has 0 aromatic heterocycles. The number of hydrogen-bond donors (Lipinski definition) is 0. The van der Waals surface area contributed by atoms with Crippen molar-refractivity contribution >= 4 is 0 Å². The van der Waals surface area contributed by atoms with Crippen molar-refractivity contribution in [3.05, 3.63) is 29.8 Å². The van der Waals surface area contributed by atoms with E-state index in [9.17, 15) is 8.78 Å². The Morgan fingerprint density at radius 2 is 1.56 bits per heavy atom. The monoisotopic (exact) mass is 356 g/mol. The summed E-state index contributed by atoms with van der Waals surface area (Å²) in [5.74, 6) is 0.597. The zero-order valence-electron chi connectivity index (χ0n) is 15.1. The van der Waals surface area contributed by atoms with Gasteiger partial charge in [0.25, 0.3) is 0 Å². The predicted molar refractivity (Wildman–Crippen MR) is 93.8 cm³/mol. The fourth-order valence-corrected chi connectivity index (χ4v) is 3.10. The molecule has 0 amide bonds. The highest BCUT2D eigenvalue weighted by Gasteiger charge is 2.23. The van der Waals surface area contributed by atoms with Crippen molar-refractivity contribution in [2.24, 2.45) is 5.92 Å². The molecule has 0 N–H and O–H groups in total. The first kappa shape index (κ1) is 20.1. The van der Waals surface area contributed by atoms with Crippen LogP contribution in [0, 0.1) is 5.92 Å². The molecule has 2 rings (SSSR count). The number of halogens is 2. The second kappa shape index (κ2) is 11.4. The van der Waals surface area contributed by atoms with Crippen LogP contribution in [-0.2, 0) is 9.47 Å². The van der Waals surface area contributed by atoms with Crippen LogP contribution in [0.15, 0.2) is 24.3 Å². The molecule has 0 radical (unpaired) electrons. The lowest BCUT2D eigenvalue weighted by Crippen LogP contribution is -2.27. The Bertz CT molecular complexity index is 457. The molecule has 0 saturated carbocycles. The molecule has 0 bridgehead atoms. The van der Waals surface area contributed by atoms with Crippen LogP contribution >= 0.6 is 0 Å². The van der Waals surface area contributed by atoms with Crippen molar-refractivity contribution < 1.29 is 23.0 Å². The lowest BCUT2D eigenvalue weighted by molar-refractivity contribution is -0.206. The van der Waals surface area contributed by atoms with E-state index in [-0.39, 0.29) is 5.75 Å². The molecule has 142 valence electrons. The van der Waals surface area contributed by atoms with E-state index in [2.05, 4.69) is 11.7 Å². The average Bonchev–Trinajstić information content (AvgIpc) is 2.62. The average molecular weight is 356 g/mol. The molecule has 0 aliphatic carbocycles. The SMILES string of the molecule is CCCCCCCCCC1COC(c2ccc(OC(F)F)cc2)OC1. The van der Waals surface area contributed by atoms with Crippen LogP contribution in [0.2, 0.25) is 0 Å². The van der Waals surface area contributed by atoms with Gasteiger partial charge in [0.2, 0.25) is 0 Å². The van der Waals surface area contributed by atoms with Gasteiger partial charge in [0, 0.05) is 11.5 Å². The molecule has 1 fully saturated rings. The predicted octanol–water partition coefficient (Wildman–Crippen LogP) is 6.09. The standard InChI is InChI=1S/C20H30F2O3/c1-2-3-4-5-6-7-8-9-16-14-23-19(24-15-16)17-10-12-18(13-11-17)25-20(21)22/h10-13,16,19-20H,2-9,14-15H2,1H3. The van der Waals surface area contributed by atoms with Crippen LogP contribution in [-0.4, -0.2) is 19.8 Å². The van der Waals surface area contributed by atoms with Crippen molar-refractivity contribution in [1.82, 2.24) is 0 Å². The van der Waals surface area contributed by atoms with E-state index in [1.54, 1.807) is 12.1 Å². The topological polar surface area (TPSA) is 27.7 Å². The minimum Gasteiger partial charge on any atom is -0.435 e. The third-order valence-electron chi connectivity index (χ3n) is 4.56. The second-order valence-electron chi connectivity index (χ2n) is 6.72. The Kier molecular flexibility index (Phi) is 9.19. The molecule has 0 atom stereocenters. The molecule has 1 aromatic carbocycles. The van der Waals surface area contributed by atoms with Gasteiger partial charge in [0.1, 0.15) is 5.75 Å². The Morgan fingerprint density at radius 3 is 2.16 bits per heavy atom. The second-order valence-corrected chi connectivity index (χ2v) is 6.72. The molecule has 1 aromatic rings. The summed E-state index contributed by atoms with van der Waals surface area (Å²) >= 11 is 0. The van der Waals surface area contributed by atoms with E-state index < -0.39 is 12.9 Å². The summed E-state index contributed by atoms with van der Waals surface area (Å²) in [6, 6.07) is 6.44. The van der Waals surface area contributed by atoms with Crippen LogP contribution in [0.25, 0.3) is 0 Å². The van der Waals surface area contributed by atoms with E-state index in [4.69, 9.17) is 9.47 Å². The highest BCUT2D eigenvalue weighted by Crippen LogP contribution is 2.28. The quantitative estimate of drug-likeness (QED) is 0.449. The lowest BCUT2D eigenvalue weighted by Gasteiger charge is -2.29. The Hall–Kier alpha value is -1.20. The van der Waals surface area contributed by atoms with E-state index in [0.29, 0.717) is 19.1 Å². The van der Waals surface area contributed by atoms with E-state index in [1.807, 2.05) is 0 Å². The third-order valence-corrected chi connectivity index (χ3v) is 4.56. The summed E-state index contributed by atoms with van der Waals surface area (Å²) in [7, 11) is 0. The minimum absolute atomic E-state index is 0.145. The zero-order chi connectivity index (χ0) is 17.9. The zero-order valence-corrected chi connectivity index (χ0v) is 15.1. The Morgan fingerprint density at radius 1 is 0.960 bits per heavy atom. The summed E-state index contributed by atoms with van der Waals surface area (Å²) in [6.45, 7) is 0.813. The maximum atomic E-state index is 12.2. The molecular formula is C20H30F2O3. The highest BCUT2D eigenvalue weighted by molar-refractivity contribution is 5.28. The minimum atomic E-state index is -2.81.